The molecule has 1 amide bonds. The predicted octanol–water partition coefficient (Wildman–Crippen LogP) is 5.82. The van der Waals surface area contributed by atoms with Crippen molar-refractivity contribution in [1.29, 1.82) is 0 Å². The monoisotopic (exact) mass is 574 g/mol. The van der Waals surface area contributed by atoms with Crippen molar-refractivity contribution in [3.63, 3.8) is 0 Å². The van der Waals surface area contributed by atoms with E-state index in [1.165, 1.54) is 38.5 Å². The number of benzene rings is 4. The molecule has 4 atom stereocenters. The Balaban J connectivity index is 1.54. The molecule has 3 heterocycles. The fourth-order valence-corrected chi connectivity index (χ4v) is 7.13. The van der Waals surface area contributed by atoms with E-state index in [9.17, 15) is 18.8 Å². The first-order chi connectivity index (χ1) is 20.9. The molecule has 0 aromatic heterocycles. The maximum Gasteiger partial charge on any atom is 0.238 e. The van der Waals surface area contributed by atoms with Crippen LogP contribution in [0.25, 0.3) is 6.08 Å². The summed E-state index contributed by atoms with van der Waals surface area (Å²) in [5.74, 6) is -2.14. The van der Waals surface area contributed by atoms with Crippen LogP contribution < -0.4 is 14.8 Å². The second kappa shape index (κ2) is 9.94. The third kappa shape index (κ3) is 3.75. The second-order valence-corrected chi connectivity index (χ2v) is 10.9. The molecule has 1 spiro atoms. The molecule has 1 fully saturated rings. The van der Waals surface area contributed by atoms with Crippen molar-refractivity contribution in [3.8, 4) is 11.5 Å². The highest BCUT2D eigenvalue weighted by Crippen LogP contribution is 2.62. The van der Waals surface area contributed by atoms with Crippen LogP contribution in [0.4, 0.5) is 10.1 Å². The zero-order valence-electron chi connectivity index (χ0n) is 23.4. The van der Waals surface area contributed by atoms with Gasteiger partial charge in [0.05, 0.1) is 31.7 Å². The Morgan fingerprint density at radius 2 is 1.63 bits per heavy atom. The van der Waals surface area contributed by atoms with E-state index in [0.717, 1.165) is 11.1 Å². The van der Waals surface area contributed by atoms with E-state index in [1.54, 1.807) is 30.5 Å². The van der Waals surface area contributed by atoms with Crippen molar-refractivity contribution >= 4 is 29.2 Å². The molecule has 7 nitrogen and oxygen atoms in total. The number of fused-ring (bicyclic) bond motifs is 6. The van der Waals surface area contributed by atoms with Gasteiger partial charge in [-0.15, -0.1) is 0 Å². The van der Waals surface area contributed by atoms with Crippen LogP contribution >= 0.6 is 0 Å². The first-order valence-corrected chi connectivity index (χ1v) is 13.9. The number of rotatable bonds is 6. The van der Waals surface area contributed by atoms with Gasteiger partial charge in [-0.2, -0.15) is 0 Å². The van der Waals surface area contributed by atoms with Crippen LogP contribution in [-0.2, 0) is 10.2 Å². The van der Waals surface area contributed by atoms with Crippen molar-refractivity contribution in [1.82, 2.24) is 4.90 Å². The predicted molar refractivity (Wildman–Crippen MR) is 159 cm³/mol. The fraction of sp³-hybridized carbons (Fsp3) is 0.171. The zero-order chi connectivity index (χ0) is 29.9. The van der Waals surface area contributed by atoms with E-state index in [4.69, 9.17) is 9.47 Å². The van der Waals surface area contributed by atoms with Gasteiger partial charge >= 0.3 is 0 Å². The largest absolute Gasteiger partial charge is 0.497 e. The molecule has 1 N–H and O–H groups in total. The van der Waals surface area contributed by atoms with Gasteiger partial charge < -0.3 is 19.7 Å². The molecule has 43 heavy (non-hydrogen) atoms. The second-order valence-electron chi connectivity index (χ2n) is 10.9. The minimum Gasteiger partial charge on any atom is -0.497 e. The molecule has 8 heteroatoms. The molecular weight excluding hydrogens is 547 g/mol. The highest BCUT2D eigenvalue weighted by molar-refractivity contribution is 6.17. The molecule has 7 rings (SSSR count). The first kappa shape index (κ1) is 26.6. The SMILES string of the molecule is COc1ccc(OC)c(C(=O)[C@@H]2[C@H](C(=O)c3ccc(F)cc3)[C@@]3(C(=O)Nc4ccccc43)[C@@H]3c4ccccc4C=CN23)c1. The van der Waals surface area contributed by atoms with Gasteiger partial charge in [-0.25, -0.2) is 4.39 Å². The lowest BCUT2D eigenvalue weighted by Crippen LogP contribution is -2.49. The smallest absolute Gasteiger partial charge is 0.238 e. The Kier molecular flexibility index (Phi) is 6.16. The quantitative estimate of drug-likeness (QED) is 0.292. The van der Waals surface area contributed by atoms with Crippen molar-refractivity contribution in [2.45, 2.75) is 17.5 Å². The number of para-hydroxylation sites is 1. The summed E-state index contributed by atoms with van der Waals surface area (Å²) in [6.07, 6.45) is 3.70. The maximum atomic E-state index is 14.9. The molecule has 4 aromatic rings. The minimum absolute atomic E-state index is 0.204. The van der Waals surface area contributed by atoms with Gasteiger partial charge in [0, 0.05) is 17.5 Å². The Morgan fingerprint density at radius 1 is 0.884 bits per heavy atom. The number of Topliss-reactive ketones (excluding diaryl/α,β-unsaturated/α-hetero) is 2. The van der Waals surface area contributed by atoms with Gasteiger partial charge in [-0.05, 0) is 71.3 Å². The Hall–Kier alpha value is -5.24. The maximum absolute atomic E-state index is 14.9. The summed E-state index contributed by atoms with van der Waals surface area (Å²) in [5, 5.41) is 3.02. The standard InChI is InChI=1S/C35H27FN2O5/c1-42-23-15-16-28(43-2)25(19-23)32(40)30-29(31(39)21-11-13-22(36)14-12-21)35(26-9-5-6-10-27(26)37-34(35)41)33-24-8-4-3-7-20(24)17-18-38(30)33/h3-19,29-30,33H,1-2H3,(H,37,41)/t29-,30+,33+,35-/m1/s1. The minimum atomic E-state index is -1.49. The summed E-state index contributed by atoms with van der Waals surface area (Å²) < 4.78 is 25.0. The normalized spacial score (nSPS) is 22.9. The van der Waals surface area contributed by atoms with Crippen LogP contribution in [0.5, 0.6) is 11.5 Å². The molecule has 0 radical (unpaired) electrons. The molecule has 3 aliphatic heterocycles. The van der Waals surface area contributed by atoms with Crippen LogP contribution in [0.3, 0.4) is 0 Å². The Bertz CT molecular complexity index is 1830. The van der Waals surface area contributed by atoms with Crippen LogP contribution in [0.15, 0.2) is 97.2 Å². The lowest BCUT2D eigenvalue weighted by atomic mass is 9.62. The van der Waals surface area contributed by atoms with Crippen molar-refractivity contribution < 1.29 is 28.2 Å². The number of hydrogen-bond donors (Lipinski definition) is 1. The highest BCUT2D eigenvalue weighted by Gasteiger charge is 2.70. The molecule has 4 aromatic carbocycles. The van der Waals surface area contributed by atoms with Gasteiger partial charge in [0.25, 0.3) is 0 Å². The molecule has 1 saturated heterocycles. The summed E-state index contributed by atoms with van der Waals surface area (Å²) in [7, 11) is 2.97. The molecule has 0 saturated carbocycles. The first-order valence-electron chi connectivity index (χ1n) is 13.9. The van der Waals surface area contributed by atoms with Crippen LogP contribution in [0.2, 0.25) is 0 Å². The van der Waals surface area contributed by atoms with E-state index >= 15 is 0 Å². The number of ketones is 2. The van der Waals surface area contributed by atoms with E-state index in [2.05, 4.69) is 5.32 Å². The van der Waals surface area contributed by atoms with Crippen LogP contribution in [0.1, 0.15) is 43.4 Å². The summed E-state index contributed by atoms with van der Waals surface area (Å²) in [5.41, 5.74) is 1.86. The number of halogens is 1. The van der Waals surface area contributed by atoms with Crippen molar-refractivity contribution in [3.05, 3.63) is 131 Å². The zero-order valence-corrected chi connectivity index (χ0v) is 23.4. The topological polar surface area (TPSA) is 84.9 Å². The number of anilines is 1. The molecule has 0 bridgehead atoms. The number of carbonyl (C=O) groups excluding carboxylic acids is 3. The summed E-state index contributed by atoms with van der Waals surface area (Å²) in [6.45, 7) is 0. The lowest BCUT2D eigenvalue weighted by Gasteiger charge is -2.38. The number of carbonyl (C=O) groups is 3. The molecule has 3 aliphatic rings. The summed E-state index contributed by atoms with van der Waals surface area (Å²) in [6, 6.07) is 23.3. The number of nitrogens with one attached hydrogen (secondary N) is 1. The average molecular weight is 575 g/mol. The van der Waals surface area contributed by atoms with E-state index in [-0.39, 0.29) is 17.0 Å². The van der Waals surface area contributed by atoms with Crippen LogP contribution in [-0.4, -0.2) is 42.6 Å². The number of methoxy groups -OCH3 is 2. The van der Waals surface area contributed by atoms with E-state index in [0.29, 0.717) is 22.7 Å². The van der Waals surface area contributed by atoms with Gasteiger partial charge in [0.15, 0.2) is 11.6 Å². The van der Waals surface area contributed by atoms with Gasteiger partial charge in [-0.3, -0.25) is 14.4 Å². The van der Waals surface area contributed by atoms with Gasteiger partial charge in [-0.1, -0.05) is 42.5 Å². The summed E-state index contributed by atoms with van der Waals surface area (Å²) >= 11 is 0. The number of nitrogens with zero attached hydrogens (tertiary/aromatic N) is 1. The third-order valence-corrected chi connectivity index (χ3v) is 8.92. The van der Waals surface area contributed by atoms with Gasteiger partial charge in [0.1, 0.15) is 28.8 Å². The number of amides is 1. The average Bonchev–Trinajstić information content (AvgIpc) is 3.52. The molecule has 0 unspecified atom stereocenters. The molecule has 0 aliphatic carbocycles. The summed E-state index contributed by atoms with van der Waals surface area (Å²) in [4.78, 5) is 46.0. The Morgan fingerprint density at radius 3 is 2.40 bits per heavy atom. The Labute approximate surface area is 247 Å². The van der Waals surface area contributed by atoms with Gasteiger partial charge in [0.2, 0.25) is 5.91 Å². The molecule has 214 valence electrons. The van der Waals surface area contributed by atoms with Crippen LogP contribution in [0, 0.1) is 11.7 Å². The fourth-order valence-electron chi connectivity index (χ4n) is 7.13. The number of hydrogen-bond acceptors (Lipinski definition) is 6. The van der Waals surface area contributed by atoms with E-state index < -0.39 is 40.8 Å². The van der Waals surface area contributed by atoms with Crippen molar-refractivity contribution in [2.24, 2.45) is 5.92 Å². The lowest BCUT2D eigenvalue weighted by molar-refractivity contribution is -0.122. The third-order valence-electron chi connectivity index (χ3n) is 8.92. The van der Waals surface area contributed by atoms with E-state index in [1.807, 2.05) is 53.4 Å². The molecular formula is C35H27FN2O5. The number of ether oxygens (including phenoxy) is 2. The van der Waals surface area contributed by atoms with Crippen molar-refractivity contribution in [2.75, 3.05) is 19.5 Å². The highest BCUT2D eigenvalue weighted by atomic mass is 19.1.